The monoisotopic (exact) mass is 924 g/mol. The molecule has 0 saturated heterocycles. The van der Waals surface area contributed by atoms with Crippen LogP contribution in [0.2, 0.25) is 0 Å². The average molecular weight is 925 g/mol. The minimum absolute atomic E-state index is 0.134. The molecule has 13 heteroatoms. The van der Waals surface area contributed by atoms with E-state index in [1.54, 1.807) is 133 Å². The summed E-state index contributed by atoms with van der Waals surface area (Å²) in [7, 11) is 0. The maximum atomic E-state index is 13.8. The van der Waals surface area contributed by atoms with Gasteiger partial charge in [-0.3, -0.25) is 14.4 Å². The predicted octanol–water partition coefficient (Wildman–Crippen LogP) is 11.4. The number of carbonyl (C=O) groups excluding carboxylic acids is 4. The molecule has 0 heterocycles. The Kier molecular flexibility index (Phi) is 15.9. The molecular weight excluding hydrogens is 885 g/mol. The van der Waals surface area contributed by atoms with Crippen molar-refractivity contribution in [1.82, 2.24) is 0 Å². The van der Waals surface area contributed by atoms with Gasteiger partial charge in [-0.2, -0.15) is 15.8 Å². The first-order valence-corrected chi connectivity index (χ1v) is 21.8. The quantitative estimate of drug-likeness (QED) is 0.0343. The van der Waals surface area contributed by atoms with Gasteiger partial charge in [-0.1, -0.05) is 84.9 Å². The van der Waals surface area contributed by atoms with Gasteiger partial charge in [-0.25, -0.2) is 9.64 Å². The minimum atomic E-state index is -1.95. The molecule has 0 aromatic heterocycles. The molecule has 0 saturated carbocycles. The van der Waals surface area contributed by atoms with Gasteiger partial charge < -0.3 is 23.7 Å². The highest BCUT2D eigenvalue weighted by Crippen LogP contribution is 2.33. The molecule has 7 rings (SSSR count). The highest BCUT2D eigenvalue weighted by Gasteiger charge is 2.41. The Balaban J connectivity index is 0.939. The summed E-state index contributed by atoms with van der Waals surface area (Å²) < 4.78 is 27.9. The second-order valence-corrected chi connectivity index (χ2v) is 15.7. The van der Waals surface area contributed by atoms with E-state index in [0.717, 1.165) is 33.4 Å². The predicted molar refractivity (Wildman–Crippen MR) is 257 cm³/mol. The zero-order chi connectivity index (χ0) is 49.3. The number of carbonyl (C=O) groups is 4. The lowest BCUT2D eigenvalue weighted by molar-refractivity contribution is -0.154. The first-order valence-electron chi connectivity index (χ1n) is 21.8. The second kappa shape index (κ2) is 23.1. The molecule has 0 amide bonds. The van der Waals surface area contributed by atoms with E-state index in [4.69, 9.17) is 40.8 Å². The van der Waals surface area contributed by atoms with Crippen LogP contribution in [0.15, 0.2) is 170 Å². The largest absolute Gasteiger partial charge is 0.490 e. The van der Waals surface area contributed by atoms with E-state index in [1.165, 1.54) is 12.1 Å². The summed E-state index contributed by atoms with van der Waals surface area (Å²) in [5.74, 6) is -1.85. The van der Waals surface area contributed by atoms with Crippen LogP contribution < -0.4 is 18.9 Å². The van der Waals surface area contributed by atoms with Crippen molar-refractivity contribution in [2.75, 3.05) is 13.2 Å². The summed E-state index contributed by atoms with van der Waals surface area (Å²) in [4.78, 5) is 56.3. The van der Waals surface area contributed by atoms with E-state index >= 15 is 0 Å². The molecule has 0 bridgehead atoms. The number of benzene rings is 7. The van der Waals surface area contributed by atoms with Crippen molar-refractivity contribution in [3.05, 3.63) is 198 Å². The Bertz CT molecular complexity index is 3020. The summed E-state index contributed by atoms with van der Waals surface area (Å²) in [5.41, 5.74) is 5.06. The summed E-state index contributed by atoms with van der Waals surface area (Å²) in [5, 5.41) is 28.7. The van der Waals surface area contributed by atoms with Gasteiger partial charge in [0.05, 0.1) is 41.5 Å². The smallest absolute Gasteiger partial charge is 0.343 e. The average Bonchev–Trinajstić information content (AvgIpc) is 3.41. The third-order valence-corrected chi connectivity index (χ3v) is 11.1. The fraction of sp³-hybridized carbons (Fsp3) is 0.123. The van der Waals surface area contributed by atoms with Crippen molar-refractivity contribution in [2.24, 2.45) is 5.41 Å². The van der Waals surface area contributed by atoms with Gasteiger partial charge in [0, 0.05) is 12.8 Å². The molecule has 70 heavy (non-hydrogen) atoms. The van der Waals surface area contributed by atoms with Crippen LogP contribution in [-0.4, -0.2) is 37.1 Å². The van der Waals surface area contributed by atoms with Crippen LogP contribution in [0, 0.1) is 46.0 Å². The van der Waals surface area contributed by atoms with Crippen molar-refractivity contribution < 1.29 is 42.9 Å². The third kappa shape index (κ3) is 12.7. The Morgan fingerprint density at radius 1 is 0.471 bits per heavy atom. The molecule has 0 N–H and O–H groups in total. The zero-order valence-electron chi connectivity index (χ0n) is 37.4. The highest BCUT2D eigenvalue weighted by molar-refractivity contribution is 5.91. The van der Waals surface area contributed by atoms with E-state index in [0.29, 0.717) is 28.3 Å². The van der Waals surface area contributed by atoms with Crippen LogP contribution in [-0.2, 0) is 19.1 Å². The number of hydrogen-bond acceptors (Lipinski definition) is 12. The molecule has 7 aromatic carbocycles. The first-order chi connectivity index (χ1) is 34.1. The number of hydrogen-bond donors (Lipinski definition) is 0. The summed E-state index contributed by atoms with van der Waals surface area (Å²) in [6.45, 7) is 6.70. The van der Waals surface area contributed by atoms with E-state index in [9.17, 15) is 24.4 Å². The summed E-state index contributed by atoms with van der Waals surface area (Å²) >= 11 is 0. The molecule has 7 aromatic rings. The van der Waals surface area contributed by atoms with E-state index in [1.807, 2.05) is 30.3 Å². The van der Waals surface area contributed by atoms with Crippen molar-refractivity contribution in [2.45, 2.75) is 25.7 Å². The second-order valence-electron chi connectivity index (χ2n) is 15.7. The standard InChI is InChI=1S/C57H40N4O9/c1-61-48-20-10-43(11-21-48)46-16-28-52(29-17-46)70-55(64)47-18-22-49(23-19-47)66-34-35-67-56(65)57(38-60,32-30-53(62)68-50-24-12-44(13-25-50)41-6-2-39(36-58)3-7-41)33-31-54(63)69-51-26-14-45(15-27-51)42-8-4-40(37-59)5-9-42/h2-29H,30-35H2. The Morgan fingerprint density at radius 3 is 1.23 bits per heavy atom. The van der Waals surface area contributed by atoms with Gasteiger partial charge in [0.2, 0.25) is 0 Å². The number of rotatable bonds is 18. The van der Waals surface area contributed by atoms with E-state index < -0.39 is 29.3 Å². The number of ether oxygens (including phenoxy) is 5. The van der Waals surface area contributed by atoms with Crippen LogP contribution in [0.5, 0.6) is 23.0 Å². The molecule has 13 nitrogen and oxygen atoms in total. The SMILES string of the molecule is [C-]#[N+]c1ccc(-c2ccc(OC(=O)c3ccc(OCCOC(=O)C(C#N)(CCC(=O)Oc4ccc(-c5ccc(C#N)cc5)cc4)CCC(=O)Oc4ccc(-c5ccc(C#N)cc5)cc4)cc3)cc2)cc1. The van der Waals surface area contributed by atoms with Gasteiger partial charge in [0.25, 0.3) is 0 Å². The number of nitriles is 3. The van der Waals surface area contributed by atoms with Crippen LogP contribution >= 0.6 is 0 Å². The lowest BCUT2D eigenvalue weighted by Gasteiger charge is -2.24. The number of nitrogens with zero attached hydrogens (tertiary/aromatic N) is 4. The third-order valence-electron chi connectivity index (χ3n) is 11.1. The maximum absolute atomic E-state index is 13.8. The zero-order valence-corrected chi connectivity index (χ0v) is 37.4. The van der Waals surface area contributed by atoms with Crippen molar-refractivity contribution in [3.8, 4) is 74.6 Å². The molecule has 0 fully saturated rings. The molecule has 0 aliphatic rings. The minimum Gasteiger partial charge on any atom is -0.490 e. The van der Waals surface area contributed by atoms with Gasteiger partial charge in [-0.05, 0) is 131 Å². The van der Waals surface area contributed by atoms with Crippen LogP contribution in [0.4, 0.5) is 5.69 Å². The van der Waals surface area contributed by atoms with E-state index in [2.05, 4.69) is 17.0 Å². The molecule has 0 aliphatic carbocycles. The molecule has 0 radical (unpaired) electrons. The first kappa shape index (κ1) is 48.1. The highest BCUT2D eigenvalue weighted by atomic mass is 16.6. The summed E-state index contributed by atoms with van der Waals surface area (Å²) in [6.07, 6.45) is -1.42. The molecular formula is C57H40N4O9. The van der Waals surface area contributed by atoms with Crippen molar-refractivity contribution in [1.29, 1.82) is 15.8 Å². The Morgan fingerprint density at radius 2 is 0.843 bits per heavy atom. The van der Waals surface area contributed by atoms with Crippen molar-refractivity contribution in [3.63, 3.8) is 0 Å². The van der Waals surface area contributed by atoms with Crippen LogP contribution in [0.25, 0.3) is 38.2 Å². The van der Waals surface area contributed by atoms with E-state index in [-0.39, 0.29) is 56.0 Å². The van der Waals surface area contributed by atoms with Gasteiger partial charge in [0.1, 0.15) is 36.2 Å². The summed E-state index contributed by atoms with van der Waals surface area (Å²) in [6, 6.07) is 53.8. The fourth-order valence-electron chi connectivity index (χ4n) is 7.12. The van der Waals surface area contributed by atoms with Gasteiger partial charge >= 0.3 is 23.9 Å². The lowest BCUT2D eigenvalue weighted by atomic mass is 9.80. The lowest BCUT2D eigenvalue weighted by Crippen LogP contribution is -2.34. The van der Waals surface area contributed by atoms with Crippen LogP contribution in [0.3, 0.4) is 0 Å². The topological polar surface area (TPSA) is 190 Å². The maximum Gasteiger partial charge on any atom is 0.343 e. The molecule has 0 spiro atoms. The van der Waals surface area contributed by atoms with Crippen molar-refractivity contribution >= 4 is 29.6 Å². The Hall–Kier alpha value is -9.82. The normalized spacial score (nSPS) is 10.5. The molecule has 342 valence electrons. The molecule has 0 unspecified atom stereocenters. The Labute approximate surface area is 403 Å². The number of esters is 4. The fourth-order valence-corrected chi connectivity index (χ4v) is 7.12. The molecule has 0 aliphatic heterocycles. The van der Waals surface area contributed by atoms with Crippen LogP contribution in [0.1, 0.15) is 47.2 Å². The van der Waals surface area contributed by atoms with Gasteiger partial charge in [-0.15, -0.1) is 0 Å². The molecule has 0 atom stereocenters. The van der Waals surface area contributed by atoms with Gasteiger partial charge in [0.15, 0.2) is 11.1 Å².